The van der Waals surface area contributed by atoms with Crippen LogP contribution in [0.4, 0.5) is 0 Å². The van der Waals surface area contributed by atoms with Gasteiger partial charge in [-0.25, -0.2) is 0 Å². The maximum absolute atomic E-state index is 11.5. The molecule has 0 atom stereocenters. The van der Waals surface area contributed by atoms with Crippen molar-refractivity contribution in [1.82, 2.24) is 0 Å². The van der Waals surface area contributed by atoms with E-state index in [9.17, 15) is 9.59 Å². The predicted molar refractivity (Wildman–Crippen MR) is 92.1 cm³/mol. The molecule has 0 aliphatic heterocycles. The van der Waals surface area contributed by atoms with Gasteiger partial charge in [0.25, 0.3) is 0 Å². The molecule has 0 bridgehead atoms. The van der Waals surface area contributed by atoms with E-state index in [4.69, 9.17) is 0 Å². The Bertz CT molecular complexity index is 403. The minimum Gasteiger partial charge on any atom is -0.302 e. The van der Waals surface area contributed by atoms with Crippen LogP contribution in [0.5, 0.6) is 0 Å². The van der Waals surface area contributed by atoms with Crippen molar-refractivity contribution < 1.29 is 9.59 Å². The minimum atomic E-state index is -0.942. The van der Waals surface area contributed by atoms with E-state index < -0.39 is 5.41 Å². The fourth-order valence-electron chi connectivity index (χ4n) is 2.90. The summed E-state index contributed by atoms with van der Waals surface area (Å²) in [5.41, 5.74) is -0.123. The molecule has 0 aromatic heterocycles. The second-order valence-corrected chi connectivity index (χ2v) is 6.22. The summed E-state index contributed by atoms with van der Waals surface area (Å²) in [6.45, 7) is 2.24. The maximum atomic E-state index is 11.5. The van der Waals surface area contributed by atoms with E-state index in [-0.39, 0.29) is 0 Å². The van der Waals surface area contributed by atoms with Crippen LogP contribution in [0.2, 0.25) is 0 Å². The summed E-state index contributed by atoms with van der Waals surface area (Å²) < 4.78 is 0. The van der Waals surface area contributed by atoms with Crippen LogP contribution in [0, 0.1) is 0 Å². The van der Waals surface area contributed by atoms with Gasteiger partial charge in [0.1, 0.15) is 18.0 Å². The van der Waals surface area contributed by atoms with E-state index in [2.05, 4.69) is 6.92 Å². The molecule has 0 saturated heterocycles. The van der Waals surface area contributed by atoms with Crippen LogP contribution in [0.15, 0.2) is 30.3 Å². The van der Waals surface area contributed by atoms with Crippen molar-refractivity contribution in [3.05, 3.63) is 35.9 Å². The maximum Gasteiger partial charge on any atom is 0.137 e. The van der Waals surface area contributed by atoms with Gasteiger partial charge in [-0.05, 0) is 12.0 Å². The number of hydrogen-bond acceptors (Lipinski definition) is 2. The Hall–Kier alpha value is -1.44. The Morgan fingerprint density at radius 3 is 1.77 bits per heavy atom. The molecule has 1 rings (SSSR count). The molecule has 0 aliphatic rings. The second kappa shape index (κ2) is 11.2. The first-order valence-corrected chi connectivity index (χ1v) is 8.77. The van der Waals surface area contributed by atoms with Crippen LogP contribution in [-0.2, 0) is 15.0 Å². The Kier molecular flexibility index (Phi) is 9.45. The van der Waals surface area contributed by atoms with Gasteiger partial charge in [0, 0.05) is 0 Å². The first-order valence-electron chi connectivity index (χ1n) is 8.77. The number of benzene rings is 1. The molecule has 2 nitrogen and oxygen atoms in total. The molecule has 22 heavy (non-hydrogen) atoms. The zero-order valence-electron chi connectivity index (χ0n) is 13.9. The monoisotopic (exact) mass is 302 g/mol. The molecular weight excluding hydrogens is 272 g/mol. The Morgan fingerprint density at radius 1 is 0.773 bits per heavy atom. The Morgan fingerprint density at radius 2 is 1.27 bits per heavy atom. The molecule has 0 radical (unpaired) electrons. The molecule has 122 valence electrons. The standard InChI is InChI=1S/C20H30O2/c1-2-3-4-5-6-7-8-9-13-16-20(17-21,18-22)19-14-11-10-12-15-19/h10-12,14-15,17-18H,2-9,13,16H2,1H3. The Balaban J connectivity index is 2.28. The number of unbranched alkanes of at least 4 members (excludes halogenated alkanes) is 8. The van der Waals surface area contributed by atoms with Crippen molar-refractivity contribution >= 4 is 12.6 Å². The van der Waals surface area contributed by atoms with Crippen molar-refractivity contribution in [2.45, 2.75) is 76.5 Å². The average molecular weight is 302 g/mol. The van der Waals surface area contributed by atoms with Crippen molar-refractivity contribution in [2.75, 3.05) is 0 Å². The zero-order chi connectivity index (χ0) is 16.1. The molecule has 0 heterocycles. The highest BCUT2D eigenvalue weighted by atomic mass is 16.1. The molecule has 1 aromatic carbocycles. The third-order valence-corrected chi connectivity index (χ3v) is 4.43. The second-order valence-electron chi connectivity index (χ2n) is 6.22. The van der Waals surface area contributed by atoms with Gasteiger partial charge in [-0.15, -0.1) is 0 Å². The zero-order valence-corrected chi connectivity index (χ0v) is 13.9. The van der Waals surface area contributed by atoms with Gasteiger partial charge < -0.3 is 9.59 Å². The molecule has 0 saturated carbocycles. The predicted octanol–water partition coefficient (Wildman–Crippen LogP) is 5.24. The van der Waals surface area contributed by atoms with Crippen molar-refractivity contribution in [2.24, 2.45) is 0 Å². The number of carbonyl (C=O) groups excluding carboxylic acids is 2. The first-order chi connectivity index (χ1) is 10.8. The van der Waals surface area contributed by atoms with Gasteiger partial charge in [-0.1, -0.05) is 95.0 Å². The summed E-state index contributed by atoms with van der Waals surface area (Å²) in [6.07, 6.45) is 13.4. The van der Waals surface area contributed by atoms with Crippen molar-refractivity contribution in [1.29, 1.82) is 0 Å². The van der Waals surface area contributed by atoms with Crippen molar-refractivity contribution in [3.8, 4) is 0 Å². The van der Waals surface area contributed by atoms with Crippen LogP contribution in [0.1, 0.15) is 76.7 Å². The molecular formula is C20H30O2. The third-order valence-electron chi connectivity index (χ3n) is 4.43. The van der Waals surface area contributed by atoms with Crippen LogP contribution in [0.25, 0.3) is 0 Å². The lowest BCUT2D eigenvalue weighted by molar-refractivity contribution is -0.121. The van der Waals surface area contributed by atoms with E-state index in [0.29, 0.717) is 6.42 Å². The Labute approximate surface area is 135 Å². The smallest absolute Gasteiger partial charge is 0.137 e. The van der Waals surface area contributed by atoms with Crippen LogP contribution >= 0.6 is 0 Å². The molecule has 0 N–H and O–H groups in total. The number of carbonyl (C=O) groups is 2. The van der Waals surface area contributed by atoms with Gasteiger partial charge in [-0.2, -0.15) is 0 Å². The lowest BCUT2D eigenvalue weighted by Gasteiger charge is -2.21. The molecule has 2 heteroatoms. The van der Waals surface area contributed by atoms with E-state index in [1.54, 1.807) is 0 Å². The minimum absolute atomic E-state index is 0.625. The van der Waals surface area contributed by atoms with E-state index >= 15 is 0 Å². The summed E-state index contributed by atoms with van der Waals surface area (Å²) in [6, 6.07) is 9.41. The van der Waals surface area contributed by atoms with Gasteiger partial charge in [0.15, 0.2) is 0 Å². The quantitative estimate of drug-likeness (QED) is 0.283. The largest absolute Gasteiger partial charge is 0.302 e. The summed E-state index contributed by atoms with van der Waals surface area (Å²) in [5, 5.41) is 0. The normalized spacial score (nSPS) is 11.3. The highest BCUT2D eigenvalue weighted by Crippen LogP contribution is 2.26. The summed E-state index contributed by atoms with van der Waals surface area (Å²) >= 11 is 0. The summed E-state index contributed by atoms with van der Waals surface area (Å²) in [7, 11) is 0. The number of hydrogen-bond donors (Lipinski definition) is 0. The number of rotatable bonds is 13. The van der Waals surface area contributed by atoms with Crippen LogP contribution in [0.3, 0.4) is 0 Å². The fourth-order valence-corrected chi connectivity index (χ4v) is 2.90. The van der Waals surface area contributed by atoms with E-state index in [1.165, 1.54) is 44.9 Å². The summed E-state index contributed by atoms with van der Waals surface area (Å²) in [5.74, 6) is 0. The first kappa shape index (κ1) is 18.6. The fraction of sp³-hybridized carbons (Fsp3) is 0.600. The highest BCUT2D eigenvalue weighted by Gasteiger charge is 2.30. The van der Waals surface area contributed by atoms with Gasteiger partial charge in [0.2, 0.25) is 0 Å². The van der Waals surface area contributed by atoms with Gasteiger partial charge in [-0.3, -0.25) is 0 Å². The average Bonchev–Trinajstić information content (AvgIpc) is 2.58. The topological polar surface area (TPSA) is 34.1 Å². The molecule has 0 amide bonds. The third kappa shape index (κ3) is 6.13. The van der Waals surface area contributed by atoms with Gasteiger partial charge >= 0.3 is 0 Å². The number of aldehydes is 2. The summed E-state index contributed by atoms with van der Waals surface area (Å²) in [4.78, 5) is 23.0. The molecule has 0 unspecified atom stereocenters. The lowest BCUT2D eigenvalue weighted by atomic mass is 9.79. The lowest BCUT2D eigenvalue weighted by Crippen LogP contribution is -2.29. The SMILES string of the molecule is CCCCCCCCCCCC(C=O)(C=O)c1ccccc1. The van der Waals surface area contributed by atoms with E-state index in [0.717, 1.165) is 31.0 Å². The molecule has 1 aromatic rings. The van der Waals surface area contributed by atoms with Crippen LogP contribution < -0.4 is 0 Å². The van der Waals surface area contributed by atoms with Crippen molar-refractivity contribution in [3.63, 3.8) is 0 Å². The molecule has 0 spiro atoms. The van der Waals surface area contributed by atoms with Gasteiger partial charge in [0.05, 0.1) is 0 Å². The highest BCUT2D eigenvalue weighted by molar-refractivity contribution is 5.91. The molecule has 0 aliphatic carbocycles. The van der Waals surface area contributed by atoms with E-state index in [1.807, 2.05) is 30.3 Å². The van der Waals surface area contributed by atoms with Crippen LogP contribution in [-0.4, -0.2) is 12.6 Å². The molecule has 0 fully saturated rings.